The zero-order valence-corrected chi connectivity index (χ0v) is 14.0. The number of carbonyl (C=O) groups is 2. The van der Waals surface area contributed by atoms with E-state index < -0.39 is 5.97 Å². The first-order chi connectivity index (χ1) is 11.1. The van der Waals surface area contributed by atoms with Crippen molar-refractivity contribution < 1.29 is 14.3 Å². The molecule has 2 rings (SSSR count). The number of hydrogen-bond donors (Lipinski definition) is 2. The monoisotopic (exact) mass is 354 g/mol. The SMILES string of the molecule is COC(=O)c1ccnc(CNC(=O)c2cn(CCCN)nn2)c1.Cl. The first-order valence-electron chi connectivity index (χ1n) is 7.05. The van der Waals surface area contributed by atoms with Crippen molar-refractivity contribution in [2.45, 2.75) is 19.5 Å². The summed E-state index contributed by atoms with van der Waals surface area (Å²) in [6, 6.07) is 3.10. The van der Waals surface area contributed by atoms with Gasteiger partial charge in [0, 0.05) is 12.7 Å². The van der Waals surface area contributed by atoms with Crippen LogP contribution in [0.2, 0.25) is 0 Å². The van der Waals surface area contributed by atoms with Crippen LogP contribution in [0.3, 0.4) is 0 Å². The highest BCUT2D eigenvalue weighted by Crippen LogP contribution is 2.04. The fourth-order valence-electron chi connectivity index (χ4n) is 1.85. The Hall–Kier alpha value is -2.52. The van der Waals surface area contributed by atoms with Crippen LogP contribution in [0.4, 0.5) is 0 Å². The number of methoxy groups -OCH3 is 1. The van der Waals surface area contributed by atoms with Gasteiger partial charge in [0.15, 0.2) is 5.69 Å². The van der Waals surface area contributed by atoms with Crippen LogP contribution in [-0.4, -0.2) is 45.5 Å². The van der Waals surface area contributed by atoms with Gasteiger partial charge in [-0.1, -0.05) is 5.21 Å². The molecule has 3 N–H and O–H groups in total. The Morgan fingerprint density at radius 1 is 1.42 bits per heavy atom. The molecule has 0 fully saturated rings. The Kier molecular flexibility index (Phi) is 7.80. The van der Waals surface area contributed by atoms with Gasteiger partial charge in [0.25, 0.3) is 5.91 Å². The molecule has 2 aromatic rings. The minimum absolute atomic E-state index is 0. The Bertz CT molecular complexity index is 691. The smallest absolute Gasteiger partial charge is 0.337 e. The lowest BCUT2D eigenvalue weighted by molar-refractivity contribution is 0.0600. The number of rotatable bonds is 7. The Morgan fingerprint density at radius 2 is 2.21 bits per heavy atom. The fraction of sp³-hybridized carbons (Fsp3) is 0.357. The van der Waals surface area contributed by atoms with Crippen molar-refractivity contribution in [3.63, 3.8) is 0 Å². The second-order valence-corrected chi connectivity index (χ2v) is 4.72. The van der Waals surface area contributed by atoms with E-state index in [2.05, 4.69) is 25.3 Å². The Morgan fingerprint density at radius 3 is 2.92 bits per heavy atom. The quantitative estimate of drug-likeness (QED) is 0.678. The van der Waals surface area contributed by atoms with Gasteiger partial charge in [0.2, 0.25) is 0 Å². The maximum absolute atomic E-state index is 12.0. The van der Waals surface area contributed by atoms with Gasteiger partial charge in [-0.25, -0.2) is 4.79 Å². The van der Waals surface area contributed by atoms with Crippen LogP contribution in [0.25, 0.3) is 0 Å². The normalized spacial score (nSPS) is 9.92. The number of nitrogens with one attached hydrogen (secondary N) is 1. The van der Waals surface area contributed by atoms with E-state index in [1.165, 1.54) is 13.3 Å². The summed E-state index contributed by atoms with van der Waals surface area (Å²) in [7, 11) is 1.30. The first-order valence-corrected chi connectivity index (χ1v) is 7.05. The molecule has 0 aliphatic heterocycles. The maximum atomic E-state index is 12.0. The molecular weight excluding hydrogens is 336 g/mol. The molecular formula is C14H19ClN6O3. The average Bonchev–Trinajstić information content (AvgIpc) is 3.06. The van der Waals surface area contributed by atoms with Crippen LogP contribution in [0, 0.1) is 0 Å². The van der Waals surface area contributed by atoms with Crippen LogP contribution in [-0.2, 0) is 17.8 Å². The second kappa shape index (κ2) is 9.58. The lowest BCUT2D eigenvalue weighted by Crippen LogP contribution is -2.24. The first kappa shape index (κ1) is 19.5. The number of amides is 1. The molecule has 0 saturated carbocycles. The minimum Gasteiger partial charge on any atom is -0.465 e. The molecule has 0 aliphatic rings. The number of ether oxygens (including phenoxy) is 1. The van der Waals surface area contributed by atoms with Gasteiger partial charge in [-0.05, 0) is 25.1 Å². The lowest BCUT2D eigenvalue weighted by Gasteiger charge is -2.04. The number of hydrogen-bond acceptors (Lipinski definition) is 7. The third-order valence-corrected chi connectivity index (χ3v) is 3.03. The highest BCUT2D eigenvalue weighted by atomic mass is 35.5. The summed E-state index contributed by atoms with van der Waals surface area (Å²) in [6.07, 6.45) is 3.80. The van der Waals surface area contributed by atoms with Crippen LogP contribution < -0.4 is 11.1 Å². The van der Waals surface area contributed by atoms with Gasteiger partial charge in [-0.15, -0.1) is 17.5 Å². The highest BCUT2D eigenvalue weighted by molar-refractivity contribution is 5.92. The van der Waals surface area contributed by atoms with E-state index in [0.717, 1.165) is 6.42 Å². The van der Waals surface area contributed by atoms with Gasteiger partial charge < -0.3 is 15.8 Å². The van der Waals surface area contributed by atoms with Crippen LogP contribution in [0.1, 0.15) is 33.0 Å². The van der Waals surface area contributed by atoms with Crippen LogP contribution in [0.5, 0.6) is 0 Å². The molecule has 0 unspecified atom stereocenters. The van der Waals surface area contributed by atoms with E-state index in [4.69, 9.17) is 5.73 Å². The zero-order valence-electron chi connectivity index (χ0n) is 13.1. The van der Waals surface area contributed by atoms with Crippen molar-refractivity contribution in [1.29, 1.82) is 0 Å². The van der Waals surface area contributed by atoms with E-state index >= 15 is 0 Å². The van der Waals surface area contributed by atoms with Gasteiger partial charge in [0.05, 0.1) is 31.1 Å². The molecule has 0 spiro atoms. The summed E-state index contributed by atoms with van der Waals surface area (Å²) in [6.45, 7) is 1.32. The number of pyridine rings is 1. The van der Waals surface area contributed by atoms with Gasteiger partial charge in [-0.2, -0.15) is 0 Å². The number of aryl methyl sites for hydroxylation is 1. The number of halogens is 1. The zero-order chi connectivity index (χ0) is 16.7. The standard InChI is InChI=1S/C14H18N6O3.ClH/c1-23-14(22)10-3-5-16-11(7-10)8-17-13(21)12-9-20(19-18-12)6-2-4-15;/h3,5,7,9H,2,4,6,8,15H2,1H3,(H,17,21);1H. The van der Waals surface area contributed by atoms with Crippen molar-refractivity contribution in [2.75, 3.05) is 13.7 Å². The number of nitrogens with two attached hydrogens (primary N) is 1. The molecule has 0 aliphatic carbocycles. The summed E-state index contributed by atoms with van der Waals surface area (Å²) < 4.78 is 6.20. The minimum atomic E-state index is -0.456. The summed E-state index contributed by atoms with van der Waals surface area (Å²) in [4.78, 5) is 27.5. The highest BCUT2D eigenvalue weighted by Gasteiger charge is 2.12. The Labute approximate surface area is 145 Å². The molecule has 10 heteroatoms. The summed E-state index contributed by atoms with van der Waals surface area (Å²) in [5, 5.41) is 10.3. The van der Waals surface area contributed by atoms with E-state index in [9.17, 15) is 9.59 Å². The fourth-order valence-corrected chi connectivity index (χ4v) is 1.85. The van der Waals surface area contributed by atoms with E-state index in [1.54, 1.807) is 23.0 Å². The van der Waals surface area contributed by atoms with Crippen LogP contribution >= 0.6 is 12.4 Å². The number of nitrogens with zero attached hydrogens (tertiary/aromatic N) is 4. The molecule has 2 heterocycles. The van der Waals surface area contributed by atoms with Crippen molar-refractivity contribution in [3.05, 3.63) is 41.5 Å². The van der Waals surface area contributed by atoms with Crippen LogP contribution in [0.15, 0.2) is 24.5 Å². The summed E-state index contributed by atoms with van der Waals surface area (Å²) in [5.74, 6) is -0.822. The molecule has 2 aromatic heterocycles. The predicted octanol–water partition coefficient (Wildman–Crippen LogP) is 0.160. The third-order valence-electron chi connectivity index (χ3n) is 3.03. The van der Waals surface area contributed by atoms with Gasteiger partial charge in [-0.3, -0.25) is 14.5 Å². The molecule has 130 valence electrons. The van der Waals surface area contributed by atoms with Gasteiger partial charge in [0.1, 0.15) is 0 Å². The second-order valence-electron chi connectivity index (χ2n) is 4.72. The number of carbonyl (C=O) groups excluding carboxylic acids is 2. The summed E-state index contributed by atoms with van der Waals surface area (Å²) in [5.41, 5.74) is 6.55. The molecule has 0 aromatic carbocycles. The largest absolute Gasteiger partial charge is 0.465 e. The Balaban J connectivity index is 0.00000288. The molecule has 1 amide bonds. The van der Waals surface area contributed by atoms with E-state index in [0.29, 0.717) is 24.3 Å². The maximum Gasteiger partial charge on any atom is 0.337 e. The molecule has 0 saturated heterocycles. The van der Waals surface area contributed by atoms with Crippen molar-refractivity contribution >= 4 is 24.3 Å². The van der Waals surface area contributed by atoms with Crippen molar-refractivity contribution in [1.82, 2.24) is 25.3 Å². The third kappa shape index (κ3) is 5.28. The van der Waals surface area contributed by atoms with Crippen molar-refractivity contribution in [2.24, 2.45) is 5.73 Å². The lowest BCUT2D eigenvalue weighted by atomic mass is 10.2. The topological polar surface area (TPSA) is 125 Å². The molecule has 9 nitrogen and oxygen atoms in total. The molecule has 0 bridgehead atoms. The number of esters is 1. The van der Waals surface area contributed by atoms with E-state index in [-0.39, 0.29) is 30.6 Å². The predicted molar refractivity (Wildman–Crippen MR) is 87.7 cm³/mol. The van der Waals surface area contributed by atoms with E-state index in [1.807, 2.05) is 0 Å². The molecule has 0 atom stereocenters. The number of aromatic nitrogens is 4. The van der Waals surface area contributed by atoms with Gasteiger partial charge >= 0.3 is 5.97 Å². The summed E-state index contributed by atoms with van der Waals surface area (Å²) >= 11 is 0. The average molecular weight is 355 g/mol. The molecule has 0 radical (unpaired) electrons. The molecule has 24 heavy (non-hydrogen) atoms. The van der Waals surface area contributed by atoms with Crippen molar-refractivity contribution in [3.8, 4) is 0 Å².